The van der Waals surface area contributed by atoms with E-state index >= 15 is 0 Å². The van der Waals surface area contributed by atoms with Gasteiger partial charge in [0.05, 0.1) is 14.2 Å². The molecule has 9 heteroatoms. The molecule has 0 aromatic carbocycles. The first kappa shape index (κ1) is 16.5. The van der Waals surface area contributed by atoms with Crippen LogP contribution in [0.1, 0.15) is 15.4 Å². The summed E-state index contributed by atoms with van der Waals surface area (Å²) in [6, 6.07) is 3.25. The van der Waals surface area contributed by atoms with E-state index in [1.165, 1.54) is 25.6 Å². The van der Waals surface area contributed by atoms with Gasteiger partial charge in [0.25, 0.3) is 5.91 Å². The molecule has 0 spiro atoms. The van der Waals surface area contributed by atoms with Crippen LogP contribution in [0.3, 0.4) is 0 Å². The van der Waals surface area contributed by atoms with Crippen molar-refractivity contribution in [2.24, 2.45) is 0 Å². The molecule has 0 saturated heterocycles. The van der Waals surface area contributed by atoms with Crippen molar-refractivity contribution in [2.75, 3.05) is 26.5 Å². The smallest absolute Gasteiger partial charge is 0.256 e. The Morgan fingerprint density at radius 1 is 1.32 bits per heavy atom. The van der Waals surface area contributed by atoms with E-state index < -0.39 is 0 Å². The molecule has 2 rings (SSSR count). The molecule has 0 aliphatic heterocycles. The zero-order chi connectivity index (χ0) is 15.9. The van der Waals surface area contributed by atoms with Crippen molar-refractivity contribution in [3.8, 4) is 11.8 Å². The average Bonchev–Trinajstić information content (AvgIpc) is 2.96. The highest BCUT2D eigenvalue weighted by Gasteiger charge is 2.14. The number of rotatable bonds is 7. The maximum atomic E-state index is 12.1. The number of carbonyl (C=O) groups excluding carboxylic acids is 1. The van der Waals surface area contributed by atoms with Crippen LogP contribution < -0.4 is 14.8 Å². The normalized spacial score (nSPS) is 10.3. The average molecular weight is 340 g/mol. The molecule has 0 atom stereocenters. The van der Waals surface area contributed by atoms with Crippen molar-refractivity contribution in [3.63, 3.8) is 0 Å². The Balaban J connectivity index is 1.86. The highest BCUT2D eigenvalue weighted by molar-refractivity contribution is 8.01. The van der Waals surface area contributed by atoms with Gasteiger partial charge in [-0.25, -0.2) is 0 Å². The van der Waals surface area contributed by atoms with Crippen LogP contribution in [0.25, 0.3) is 0 Å². The molecule has 118 valence electrons. The maximum Gasteiger partial charge on any atom is 0.256 e. The highest BCUT2D eigenvalue weighted by Crippen LogP contribution is 2.21. The summed E-state index contributed by atoms with van der Waals surface area (Å²) in [6.45, 7) is 2.42. The number of aryl methyl sites for hydroxylation is 1. The summed E-state index contributed by atoms with van der Waals surface area (Å²) in [5.41, 5.74) is 0.375. The number of nitrogens with zero attached hydrogens (tertiary/aromatic N) is 3. The van der Waals surface area contributed by atoms with E-state index in [9.17, 15) is 4.79 Å². The van der Waals surface area contributed by atoms with Crippen molar-refractivity contribution in [3.05, 3.63) is 22.7 Å². The molecule has 0 aliphatic rings. The number of hydrogen-bond acceptors (Lipinski definition) is 8. The molecule has 2 aromatic rings. The van der Waals surface area contributed by atoms with Gasteiger partial charge in [-0.2, -0.15) is 4.98 Å². The van der Waals surface area contributed by atoms with Crippen molar-refractivity contribution >= 4 is 29.0 Å². The molecular weight excluding hydrogens is 324 g/mol. The van der Waals surface area contributed by atoms with Gasteiger partial charge in [0.1, 0.15) is 10.6 Å². The monoisotopic (exact) mass is 340 g/mol. The van der Waals surface area contributed by atoms with Gasteiger partial charge in [0.15, 0.2) is 4.34 Å². The van der Waals surface area contributed by atoms with Crippen molar-refractivity contribution in [2.45, 2.75) is 11.3 Å². The molecule has 7 nitrogen and oxygen atoms in total. The molecule has 0 radical (unpaired) electrons. The Morgan fingerprint density at radius 2 is 2.14 bits per heavy atom. The van der Waals surface area contributed by atoms with Crippen LogP contribution in [-0.2, 0) is 0 Å². The van der Waals surface area contributed by atoms with Gasteiger partial charge in [0.2, 0.25) is 11.8 Å². The second-order valence-electron chi connectivity index (χ2n) is 4.10. The molecule has 1 N–H and O–H groups in total. The summed E-state index contributed by atoms with van der Waals surface area (Å²) in [5.74, 6) is 1.12. The Kier molecular flexibility index (Phi) is 5.96. The fraction of sp³-hybridized carbons (Fsp3) is 0.385. The van der Waals surface area contributed by atoms with Crippen LogP contribution in [-0.4, -0.2) is 47.6 Å². The van der Waals surface area contributed by atoms with Gasteiger partial charge in [0, 0.05) is 18.4 Å². The molecule has 0 aliphatic carbocycles. The molecule has 0 saturated carbocycles. The lowest BCUT2D eigenvalue weighted by atomic mass is 10.2. The fourth-order valence-corrected chi connectivity index (χ4v) is 3.34. The number of pyridine rings is 1. The first-order chi connectivity index (χ1) is 10.6. The van der Waals surface area contributed by atoms with Crippen LogP contribution in [0.4, 0.5) is 0 Å². The first-order valence-corrected chi connectivity index (χ1v) is 8.24. The number of amides is 1. The van der Waals surface area contributed by atoms with E-state index in [0.717, 1.165) is 9.35 Å². The third-order valence-corrected chi connectivity index (χ3v) is 4.58. The first-order valence-electron chi connectivity index (χ1n) is 6.44. The van der Waals surface area contributed by atoms with Crippen molar-refractivity contribution in [1.82, 2.24) is 20.5 Å². The summed E-state index contributed by atoms with van der Waals surface area (Å²) in [7, 11) is 2.97. The lowest BCUT2D eigenvalue weighted by Crippen LogP contribution is -2.26. The van der Waals surface area contributed by atoms with Gasteiger partial charge in [-0.05, 0) is 13.0 Å². The summed E-state index contributed by atoms with van der Waals surface area (Å²) >= 11 is 3.10. The minimum Gasteiger partial charge on any atom is -0.481 e. The molecular formula is C13H16N4O3S2. The molecule has 1 amide bonds. The molecule has 2 heterocycles. The number of nitrogens with one attached hydrogen (secondary N) is 1. The number of hydrogen-bond donors (Lipinski definition) is 1. The summed E-state index contributed by atoms with van der Waals surface area (Å²) < 4.78 is 11.0. The minimum absolute atomic E-state index is 0.235. The van der Waals surface area contributed by atoms with Gasteiger partial charge in [-0.3, -0.25) is 4.79 Å². The maximum absolute atomic E-state index is 12.1. The standard InChI is InChI=1S/C13H16N4O3S2/c1-8-16-17-13(22-8)21-7-6-14-11(18)9-4-5-10(19-2)15-12(9)20-3/h4-5H,6-7H2,1-3H3,(H,14,18). The molecule has 0 unspecified atom stereocenters. The van der Waals surface area contributed by atoms with Gasteiger partial charge in [-0.1, -0.05) is 23.1 Å². The number of methoxy groups -OCH3 is 2. The molecule has 0 fully saturated rings. The second kappa shape index (κ2) is 7.95. The highest BCUT2D eigenvalue weighted by atomic mass is 32.2. The zero-order valence-corrected chi connectivity index (χ0v) is 14.1. The topological polar surface area (TPSA) is 86.2 Å². The third kappa shape index (κ3) is 4.31. The third-order valence-electron chi connectivity index (χ3n) is 2.60. The summed E-state index contributed by atoms with van der Waals surface area (Å²) in [6.07, 6.45) is 0. The number of carbonyl (C=O) groups is 1. The van der Waals surface area contributed by atoms with Crippen LogP contribution >= 0.6 is 23.1 Å². The fourth-order valence-electron chi connectivity index (χ4n) is 1.60. The van der Waals surface area contributed by atoms with E-state index in [1.54, 1.807) is 23.9 Å². The predicted molar refractivity (Wildman–Crippen MR) is 85.0 cm³/mol. The van der Waals surface area contributed by atoms with Crippen LogP contribution in [0.2, 0.25) is 0 Å². The van der Waals surface area contributed by atoms with Crippen molar-refractivity contribution in [1.29, 1.82) is 0 Å². The summed E-state index contributed by atoms with van der Waals surface area (Å²) in [5, 5.41) is 11.7. The van der Waals surface area contributed by atoms with Crippen LogP contribution in [0.15, 0.2) is 16.5 Å². The zero-order valence-electron chi connectivity index (χ0n) is 12.5. The van der Waals surface area contributed by atoms with Gasteiger partial charge in [-0.15, -0.1) is 10.2 Å². The van der Waals surface area contributed by atoms with Crippen molar-refractivity contribution < 1.29 is 14.3 Å². The SMILES string of the molecule is COc1ccc(C(=O)NCCSc2nnc(C)s2)c(OC)n1. The van der Waals surface area contributed by atoms with Crippen LogP contribution in [0.5, 0.6) is 11.8 Å². The Morgan fingerprint density at radius 3 is 2.77 bits per heavy atom. The predicted octanol–water partition coefficient (Wildman–Crippen LogP) is 1.78. The minimum atomic E-state index is -0.235. The molecule has 2 aromatic heterocycles. The number of thioether (sulfide) groups is 1. The van der Waals surface area contributed by atoms with Gasteiger partial charge >= 0.3 is 0 Å². The van der Waals surface area contributed by atoms with E-state index in [4.69, 9.17) is 9.47 Å². The lowest BCUT2D eigenvalue weighted by Gasteiger charge is -2.09. The Labute approximate surface area is 136 Å². The van der Waals surface area contributed by atoms with E-state index in [0.29, 0.717) is 23.7 Å². The molecule has 0 bridgehead atoms. The lowest BCUT2D eigenvalue weighted by molar-refractivity contribution is 0.0952. The Bertz CT molecular complexity index is 648. The largest absolute Gasteiger partial charge is 0.481 e. The molecule has 22 heavy (non-hydrogen) atoms. The van der Waals surface area contributed by atoms with E-state index in [-0.39, 0.29) is 11.8 Å². The number of aromatic nitrogens is 3. The van der Waals surface area contributed by atoms with E-state index in [2.05, 4.69) is 20.5 Å². The van der Waals surface area contributed by atoms with Crippen LogP contribution in [0, 0.1) is 6.92 Å². The summed E-state index contributed by atoms with van der Waals surface area (Å²) in [4.78, 5) is 16.2. The van der Waals surface area contributed by atoms with Gasteiger partial charge < -0.3 is 14.8 Å². The Hall–Kier alpha value is -1.87. The van der Waals surface area contributed by atoms with E-state index in [1.807, 2.05) is 6.92 Å². The quantitative estimate of drug-likeness (QED) is 0.607. The second-order valence-corrected chi connectivity index (χ2v) is 6.63. The number of ether oxygens (including phenoxy) is 2.